The zero-order valence-electron chi connectivity index (χ0n) is 48.9. The van der Waals surface area contributed by atoms with Crippen molar-refractivity contribution >= 4 is 39.8 Å². The molecule has 3 aliphatic carbocycles. The Bertz CT molecular complexity index is 4350. The van der Waals surface area contributed by atoms with Gasteiger partial charge in [-0.25, -0.2) is 0 Å². The van der Waals surface area contributed by atoms with Gasteiger partial charge in [-0.2, -0.15) is 0 Å². The average molecular weight is 1060 g/mol. The largest absolute Gasteiger partial charge is 0.314 e. The van der Waals surface area contributed by atoms with Crippen molar-refractivity contribution in [2.75, 3.05) is 14.7 Å². The van der Waals surface area contributed by atoms with Crippen LogP contribution in [0.25, 0.3) is 44.5 Å². The van der Waals surface area contributed by atoms with Crippen LogP contribution >= 0.6 is 0 Å². The molecule has 0 amide bonds. The van der Waals surface area contributed by atoms with Gasteiger partial charge in [0.25, 0.3) is 0 Å². The summed E-state index contributed by atoms with van der Waals surface area (Å²) in [4.78, 5) is 7.68. The van der Waals surface area contributed by atoms with Gasteiger partial charge in [0.15, 0.2) is 0 Å². The van der Waals surface area contributed by atoms with E-state index >= 15 is 0 Å². The van der Waals surface area contributed by atoms with E-state index in [-0.39, 0.29) is 22.2 Å². The van der Waals surface area contributed by atoms with Crippen molar-refractivity contribution < 1.29 is 0 Å². The van der Waals surface area contributed by atoms with Gasteiger partial charge in [0, 0.05) is 79.8 Å². The summed E-state index contributed by atoms with van der Waals surface area (Å²) >= 11 is 0. The maximum absolute atomic E-state index is 2.62. The zero-order chi connectivity index (χ0) is 56.1. The lowest BCUT2D eigenvalue weighted by Gasteiger charge is -2.44. The molecule has 5 aliphatic rings. The summed E-state index contributed by atoms with van der Waals surface area (Å²) in [5.41, 5.74) is 35.6. The predicted molar refractivity (Wildman–Crippen MR) is 345 cm³/mol. The van der Waals surface area contributed by atoms with E-state index in [0.717, 1.165) is 29.2 Å². The molecule has 0 fully saturated rings. The van der Waals surface area contributed by atoms with E-state index in [1.54, 1.807) is 0 Å². The van der Waals surface area contributed by atoms with Crippen LogP contribution in [0.5, 0.6) is 0 Å². The SMILES string of the molecule is Cc1cc(C)cc(N(C2=CC3=C4C(C2)c2cc(N(c5ccc(-c6ccc7c(c6)C(C)(C)c6ccccc6-7)cc5)c5cc(C)cc(C)c5)ccc2N4c2ccccc2C3(C)C)c2ccc(-c3ccc4c(c3)C(C)(C)c3ccccc3-4)cc2)c1. The predicted octanol–water partition coefficient (Wildman–Crippen LogP) is 21.2. The normalized spacial score (nSPS) is 16.8. The van der Waals surface area contributed by atoms with Crippen LogP contribution in [0.4, 0.5) is 39.8 Å². The first-order valence-corrected chi connectivity index (χ1v) is 29.5. The fraction of sp³-hybridized carbons (Fsp3) is 0.190. The van der Waals surface area contributed by atoms with Gasteiger partial charge in [-0.1, -0.05) is 169 Å². The Morgan fingerprint density at radius 3 is 1.33 bits per heavy atom. The van der Waals surface area contributed by atoms with Crippen molar-refractivity contribution in [1.82, 2.24) is 0 Å². The maximum Gasteiger partial charge on any atom is 0.0499 e. The average Bonchev–Trinajstić information content (AvgIpc) is 2.62. The van der Waals surface area contributed by atoms with Crippen LogP contribution in [0.2, 0.25) is 0 Å². The summed E-state index contributed by atoms with van der Waals surface area (Å²) in [7, 11) is 0. The molecule has 2 heterocycles. The van der Waals surface area contributed by atoms with Crippen molar-refractivity contribution in [2.45, 2.75) is 97.8 Å². The first-order valence-electron chi connectivity index (χ1n) is 29.5. The molecule has 0 aromatic heterocycles. The highest BCUT2D eigenvalue weighted by molar-refractivity contribution is 5.91. The zero-order valence-corrected chi connectivity index (χ0v) is 48.9. The fourth-order valence-electron chi connectivity index (χ4n) is 15.3. The molecule has 0 radical (unpaired) electrons. The lowest BCUT2D eigenvalue weighted by molar-refractivity contribution is 0.590. The third-order valence-corrected chi connectivity index (χ3v) is 19.2. The van der Waals surface area contributed by atoms with E-state index in [2.05, 4.69) is 302 Å². The molecule has 3 nitrogen and oxygen atoms in total. The number of aryl methyl sites for hydroxylation is 4. The monoisotopic (exact) mass is 1060 g/mol. The molecule has 2 aliphatic heterocycles. The molecule has 10 aromatic carbocycles. The number of hydrogen-bond donors (Lipinski definition) is 0. The van der Waals surface area contributed by atoms with Gasteiger partial charge < -0.3 is 14.7 Å². The second-order valence-corrected chi connectivity index (χ2v) is 25.7. The minimum absolute atomic E-state index is 0.0634. The molecule has 15 rings (SSSR count). The van der Waals surface area contributed by atoms with E-state index in [0.29, 0.717) is 0 Å². The molecule has 0 saturated heterocycles. The summed E-state index contributed by atoms with van der Waals surface area (Å²) in [5.74, 6) is 0.0998. The minimum Gasteiger partial charge on any atom is -0.314 e. The highest BCUT2D eigenvalue weighted by atomic mass is 15.2. The highest BCUT2D eigenvalue weighted by Crippen LogP contribution is 2.62. The van der Waals surface area contributed by atoms with Gasteiger partial charge in [0.1, 0.15) is 0 Å². The second kappa shape index (κ2) is 18.0. The summed E-state index contributed by atoms with van der Waals surface area (Å²) < 4.78 is 0. The van der Waals surface area contributed by atoms with E-state index < -0.39 is 0 Å². The quantitative estimate of drug-likeness (QED) is 0.150. The number of para-hydroxylation sites is 1. The molecular weight excluding hydrogens is 991 g/mol. The first-order chi connectivity index (χ1) is 39.5. The Labute approximate surface area is 485 Å². The van der Waals surface area contributed by atoms with Crippen molar-refractivity contribution in [2.24, 2.45) is 0 Å². The third-order valence-electron chi connectivity index (χ3n) is 19.2. The van der Waals surface area contributed by atoms with Crippen LogP contribution in [-0.2, 0) is 16.2 Å². The van der Waals surface area contributed by atoms with E-state index in [9.17, 15) is 0 Å². The molecule has 0 N–H and O–H groups in total. The molecular formula is C79H69N3. The molecule has 0 spiro atoms. The maximum atomic E-state index is 2.62. The van der Waals surface area contributed by atoms with Gasteiger partial charge >= 0.3 is 0 Å². The lowest BCUT2D eigenvalue weighted by Crippen LogP contribution is -2.36. The number of hydrogen-bond acceptors (Lipinski definition) is 3. The van der Waals surface area contributed by atoms with Gasteiger partial charge in [-0.3, -0.25) is 0 Å². The summed E-state index contributed by atoms with van der Waals surface area (Å²) in [6.07, 6.45) is 3.40. The van der Waals surface area contributed by atoms with Crippen LogP contribution in [-0.4, -0.2) is 0 Å². The molecule has 82 heavy (non-hydrogen) atoms. The van der Waals surface area contributed by atoms with Crippen LogP contribution in [0.15, 0.2) is 235 Å². The van der Waals surface area contributed by atoms with Crippen LogP contribution in [0, 0.1) is 27.7 Å². The van der Waals surface area contributed by atoms with E-state index in [4.69, 9.17) is 0 Å². The number of nitrogens with zero attached hydrogens (tertiary/aromatic N) is 3. The topological polar surface area (TPSA) is 9.72 Å². The van der Waals surface area contributed by atoms with Crippen LogP contribution in [0.1, 0.15) is 110 Å². The number of fused-ring (bicyclic) bond motifs is 11. The Balaban J connectivity index is 0.843. The lowest BCUT2D eigenvalue weighted by atomic mass is 9.69. The van der Waals surface area contributed by atoms with Gasteiger partial charge in [-0.15, -0.1) is 0 Å². The number of rotatable bonds is 8. The fourth-order valence-corrected chi connectivity index (χ4v) is 15.3. The Morgan fingerprint density at radius 2 is 0.793 bits per heavy atom. The Morgan fingerprint density at radius 1 is 0.354 bits per heavy atom. The molecule has 3 heteroatoms. The molecule has 10 aromatic rings. The van der Waals surface area contributed by atoms with Gasteiger partial charge in [-0.05, 0) is 224 Å². The summed E-state index contributed by atoms with van der Waals surface area (Å²) in [6.45, 7) is 23.3. The molecule has 1 unspecified atom stereocenters. The third kappa shape index (κ3) is 7.55. The van der Waals surface area contributed by atoms with Gasteiger partial charge in [0.2, 0.25) is 0 Å². The van der Waals surface area contributed by atoms with Crippen molar-refractivity contribution in [3.8, 4) is 44.5 Å². The van der Waals surface area contributed by atoms with Crippen molar-refractivity contribution in [3.05, 3.63) is 291 Å². The molecule has 0 saturated carbocycles. The van der Waals surface area contributed by atoms with Crippen molar-refractivity contribution in [3.63, 3.8) is 0 Å². The van der Waals surface area contributed by atoms with E-state index in [1.165, 1.54) is 134 Å². The van der Waals surface area contributed by atoms with Crippen LogP contribution in [0.3, 0.4) is 0 Å². The molecule has 1 atom stereocenters. The van der Waals surface area contributed by atoms with Crippen LogP contribution < -0.4 is 14.7 Å². The number of allylic oxidation sites excluding steroid dienone is 4. The molecule has 400 valence electrons. The van der Waals surface area contributed by atoms with E-state index in [1.807, 2.05) is 0 Å². The number of anilines is 7. The first kappa shape index (κ1) is 50.1. The standard InChI is InChI=1S/C79H69N3/c1-48-37-49(2)40-59(39-48)80(56-29-23-52(24-30-56)54-27-34-64-62-17-11-13-19-68(62)77(5,6)71(64)43-54)58-33-36-74-66(45-58)67-46-61(47-73-76(67)82(74)75-22-16-15-21-70(75)79(73,9)10)81(60-41-50(3)38-51(4)42-60)57-31-25-53(26-32-57)55-28-35-65-63-18-12-14-20-69(63)78(7,8)72(65)44-55/h11-45,47,67H,46H2,1-10H3. The van der Waals surface area contributed by atoms with Gasteiger partial charge in [0.05, 0.1) is 0 Å². The highest BCUT2D eigenvalue weighted by Gasteiger charge is 2.48. The number of benzene rings is 10. The summed E-state index contributed by atoms with van der Waals surface area (Å²) in [6, 6.07) is 81.2. The minimum atomic E-state index is -0.262. The Kier molecular flexibility index (Phi) is 11.0. The second-order valence-electron chi connectivity index (χ2n) is 25.7. The summed E-state index contributed by atoms with van der Waals surface area (Å²) in [5, 5.41) is 0. The Hall–Kier alpha value is -8.92. The van der Waals surface area contributed by atoms with Crippen molar-refractivity contribution in [1.29, 1.82) is 0 Å². The smallest absolute Gasteiger partial charge is 0.0499 e. The molecule has 0 bridgehead atoms.